The number of aromatic nitrogens is 1. The first-order valence-corrected chi connectivity index (χ1v) is 9.60. The maximum Gasteiger partial charge on any atom is 0.417 e. The fraction of sp³-hybridized carbons (Fsp3) is 0.421. The first-order chi connectivity index (χ1) is 14.1. The molecule has 0 amide bonds. The van der Waals surface area contributed by atoms with Crippen LogP contribution in [0.3, 0.4) is 0 Å². The van der Waals surface area contributed by atoms with E-state index in [2.05, 4.69) is 15.6 Å². The summed E-state index contributed by atoms with van der Waals surface area (Å²) >= 11 is 5.84. The summed E-state index contributed by atoms with van der Waals surface area (Å²) in [6.45, 7) is 1.91. The Balaban J connectivity index is 1.64. The Morgan fingerprint density at radius 3 is 2.13 bits per heavy atom. The lowest BCUT2D eigenvalue weighted by Gasteiger charge is -2.23. The third kappa shape index (κ3) is 5.41. The molecule has 164 valence electrons. The number of anilines is 3. The van der Waals surface area contributed by atoms with Gasteiger partial charge in [-0.3, -0.25) is 0 Å². The summed E-state index contributed by atoms with van der Waals surface area (Å²) < 4.78 is 77.2. The monoisotopic (exact) mass is 452 g/mol. The van der Waals surface area contributed by atoms with E-state index >= 15 is 0 Å². The highest BCUT2D eigenvalue weighted by Gasteiger charge is 2.32. The van der Waals surface area contributed by atoms with E-state index in [1.807, 2.05) is 4.90 Å². The van der Waals surface area contributed by atoms with E-state index in [0.29, 0.717) is 37.2 Å². The van der Waals surface area contributed by atoms with E-state index in [1.54, 1.807) is 0 Å². The minimum Gasteiger partial charge on any atom is -0.382 e. The molecule has 0 unspecified atom stereocenters. The van der Waals surface area contributed by atoms with Crippen molar-refractivity contribution in [3.63, 3.8) is 0 Å². The van der Waals surface area contributed by atoms with Crippen molar-refractivity contribution in [3.05, 3.63) is 46.6 Å². The summed E-state index contributed by atoms with van der Waals surface area (Å²) in [5, 5.41) is 5.72. The van der Waals surface area contributed by atoms with E-state index in [9.17, 15) is 26.3 Å². The van der Waals surface area contributed by atoms with Crippen molar-refractivity contribution in [1.29, 1.82) is 0 Å². The van der Waals surface area contributed by atoms with Crippen molar-refractivity contribution in [2.24, 2.45) is 0 Å². The molecule has 0 bridgehead atoms. The number of hydrogen-bond acceptors (Lipinski definition) is 4. The second-order valence-electron chi connectivity index (χ2n) is 6.83. The average molecular weight is 453 g/mol. The summed E-state index contributed by atoms with van der Waals surface area (Å²) in [4.78, 5) is 5.59. The van der Waals surface area contributed by atoms with Gasteiger partial charge in [-0.05, 0) is 37.1 Å². The Hall–Kier alpha value is -2.36. The van der Waals surface area contributed by atoms with Crippen LogP contribution in [0.25, 0.3) is 0 Å². The van der Waals surface area contributed by atoms with Crippen molar-refractivity contribution in [2.45, 2.75) is 25.2 Å². The van der Waals surface area contributed by atoms with Gasteiger partial charge in [-0.15, -0.1) is 0 Å². The molecule has 1 aliphatic heterocycles. The average Bonchev–Trinajstić information content (AvgIpc) is 3.19. The summed E-state index contributed by atoms with van der Waals surface area (Å²) in [7, 11) is 0. The number of nitrogens with one attached hydrogen (secondary N) is 2. The zero-order chi connectivity index (χ0) is 21.9. The molecule has 1 saturated heterocycles. The third-order valence-corrected chi connectivity index (χ3v) is 4.96. The molecule has 4 nitrogen and oxygen atoms in total. The van der Waals surface area contributed by atoms with Gasteiger partial charge in [0.15, 0.2) is 0 Å². The van der Waals surface area contributed by atoms with Crippen molar-refractivity contribution in [1.82, 2.24) is 4.98 Å². The highest BCUT2D eigenvalue weighted by Crippen LogP contribution is 2.37. The van der Waals surface area contributed by atoms with Crippen LogP contribution in [0.4, 0.5) is 43.5 Å². The van der Waals surface area contributed by atoms with E-state index in [4.69, 9.17) is 11.6 Å². The zero-order valence-corrected chi connectivity index (χ0v) is 16.4. The molecule has 30 heavy (non-hydrogen) atoms. The number of nitrogens with zero attached hydrogens (tertiary/aromatic N) is 2. The summed E-state index contributed by atoms with van der Waals surface area (Å²) in [6, 6.07) is 4.32. The van der Waals surface area contributed by atoms with Gasteiger partial charge in [0.2, 0.25) is 0 Å². The van der Waals surface area contributed by atoms with Gasteiger partial charge in [0, 0.05) is 32.4 Å². The first-order valence-electron chi connectivity index (χ1n) is 9.22. The van der Waals surface area contributed by atoms with Gasteiger partial charge in [-0.25, -0.2) is 4.98 Å². The SMILES string of the molecule is FC(F)(F)c1cnc(NCCNc2ccc(C(F)(F)F)cc2N2CCCC2)c(Cl)c1. The molecule has 0 spiro atoms. The molecule has 1 aromatic heterocycles. The largest absolute Gasteiger partial charge is 0.417 e. The third-order valence-electron chi connectivity index (χ3n) is 4.67. The molecule has 2 aromatic rings. The minimum absolute atomic E-state index is 0.0960. The molecule has 0 radical (unpaired) electrons. The number of alkyl halides is 6. The highest BCUT2D eigenvalue weighted by atomic mass is 35.5. The fourth-order valence-corrected chi connectivity index (χ4v) is 3.41. The molecule has 11 heteroatoms. The molecule has 2 heterocycles. The second-order valence-corrected chi connectivity index (χ2v) is 7.24. The quantitative estimate of drug-likeness (QED) is 0.423. The van der Waals surface area contributed by atoms with Gasteiger partial charge in [0.25, 0.3) is 0 Å². The predicted molar refractivity (Wildman–Crippen MR) is 104 cm³/mol. The van der Waals surface area contributed by atoms with Gasteiger partial charge in [0.05, 0.1) is 27.5 Å². The van der Waals surface area contributed by atoms with Crippen LogP contribution in [0.15, 0.2) is 30.5 Å². The molecule has 0 saturated carbocycles. The van der Waals surface area contributed by atoms with Crippen LogP contribution in [-0.2, 0) is 12.4 Å². The van der Waals surface area contributed by atoms with E-state index < -0.39 is 23.5 Å². The highest BCUT2D eigenvalue weighted by molar-refractivity contribution is 6.32. The van der Waals surface area contributed by atoms with Crippen LogP contribution in [0.1, 0.15) is 24.0 Å². The van der Waals surface area contributed by atoms with Crippen LogP contribution in [0.5, 0.6) is 0 Å². The van der Waals surface area contributed by atoms with Gasteiger partial charge in [-0.1, -0.05) is 11.6 Å². The zero-order valence-electron chi connectivity index (χ0n) is 15.7. The lowest BCUT2D eigenvalue weighted by molar-refractivity contribution is -0.138. The van der Waals surface area contributed by atoms with E-state index in [-0.39, 0.29) is 17.4 Å². The normalized spacial score (nSPS) is 14.8. The Bertz CT molecular complexity index is 878. The van der Waals surface area contributed by atoms with Gasteiger partial charge in [-0.2, -0.15) is 26.3 Å². The standard InChI is InChI=1S/C19H19ClF6N4/c20-14-9-13(19(24,25)26)11-29-17(14)28-6-5-27-15-4-3-12(18(21,22)23)10-16(15)30-7-1-2-8-30/h3-4,9-11,27H,1-2,5-8H2,(H,28,29). The Morgan fingerprint density at radius 2 is 1.53 bits per heavy atom. The summed E-state index contributed by atoms with van der Waals surface area (Å²) in [5.41, 5.74) is -0.629. The topological polar surface area (TPSA) is 40.2 Å². The maximum absolute atomic E-state index is 13.1. The van der Waals surface area contributed by atoms with Crippen LogP contribution in [-0.4, -0.2) is 31.2 Å². The number of hydrogen-bond donors (Lipinski definition) is 2. The van der Waals surface area contributed by atoms with Crippen molar-refractivity contribution < 1.29 is 26.3 Å². The number of rotatable bonds is 6. The van der Waals surface area contributed by atoms with E-state index in [0.717, 1.165) is 31.0 Å². The second kappa shape index (κ2) is 8.79. The van der Waals surface area contributed by atoms with Crippen molar-refractivity contribution >= 4 is 28.8 Å². The number of halogens is 7. The smallest absolute Gasteiger partial charge is 0.382 e. The van der Waals surface area contributed by atoms with Gasteiger partial charge < -0.3 is 15.5 Å². The molecule has 2 N–H and O–H groups in total. The van der Waals surface area contributed by atoms with Crippen LogP contribution in [0.2, 0.25) is 5.02 Å². The Labute approximate surface area is 174 Å². The van der Waals surface area contributed by atoms with Crippen LogP contribution < -0.4 is 15.5 Å². The number of benzene rings is 1. The molecule has 3 rings (SSSR count). The number of pyridine rings is 1. The first kappa shape index (κ1) is 22.3. The lowest BCUT2D eigenvalue weighted by atomic mass is 10.1. The van der Waals surface area contributed by atoms with Crippen LogP contribution >= 0.6 is 11.6 Å². The van der Waals surface area contributed by atoms with Crippen molar-refractivity contribution in [3.8, 4) is 0 Å². The molecule has 1 aliphatic rings. The fourth-order valence-electron chi connectivity index (χ4n) is 3.18. The maximum atomic E-state index is 13.1. The van der Waals surface area contributed by atoms with Gasteiger partial charge in [0.1, 0.15) is 5.82 Å². The summed E-state index contributed by atoms with van der Waals surface area (Å²) in [5.74, 6) is 0.0960. The Kier molecular flexibility index (Phi) is 6.54. The van der Waals surface area contributed by atoms with Crippen LogP contribution in [0, 0.1) is 0 Å². The lowest BCUT2D eigenvalue weighted by Crippen LogP contribution is -2.22. The minimum atomic E-state index is -4.54. The van der Waals surface area contributed by atoms with Crippen molar-refractivity contribution in [2.75, 3.05) is 41.7 Å². The molecule has 0 atom stereocenters. The van der Waals surface area contributed by atoms with E-state index in [1.165, 1.54) is 6.07 Å². The molecular weight excluding hydrogens is 434 g/mol. The predicted octanol–water partition coefficient (Wildman–Crippen LogP) is 5.90. The summed E-state index contributed by atoms with van der Waals surface area (Å²) in [6.07, 6.45) is -6.46. The Morgan fingerprint density at radius 1 is 0.900 bits per heavy atom. The molecule has 1 aromatic carbocycles. The molecular formula is C19H19ClF6N4. The molecule has 1 fully saturated rings. The van der Waals surface area contributed by atoms with Gasteiger partial charge >= 0.3 is 12.4 Å². The molecule has 0 aliphatic carbocycles.